The van der Waals surface area contributed by atoms with Gasteiger partial charge in [-0.2, -0.15) is 0 Å². The summed E-state index contributed by atoms with van der Waals surface area (Å²) in [6.07, 6.45) is 1.09. The summed E-state index contributed by atoms with van der Waals surface area (Å²) in [6, 6.07) is 14.8. The zero-order valence-electron chi connectivity index (χ0n) is 17.8. The highest BCUT2D eigenvalue weighted by molar-refractivity contribution is 7.99. The molecule has 6 nitrogen and oxygen atoms in total. The normalized spacial score (nSPS) is 11.0. The van der Waals surface area contributed by atoms with E-state index in [1.165, 1.54) is 13.8 Å². The number of carbonyl (C=O) groups excluding carboxylic acids is 3. The molecule has 0 aromatic heterocycles. The van der Waals surface area contributed by atoms with Crippen LogP contribution in [-0.2, 0) is 14.4 Å². The van der Waals surface area contributed by atoms with Gasteiger partial charge in [0.25, 0.3) is 0 Å². The van der Waals surface area contributed by atoms with Crippen LogP contribution < -0.4 is 4.74 Å². The van der Waals surface area contributed by atoms with Gasteiger partial charge in [0.05, 0.1) is 6.61 Å². The number of ketones is 2. The van der Waals surface area contributed by atoms with Gasteiger partial charge in [0.2, 0.25) is 5.78 Å². The highest BCUT2D eigenvalue weighted by Crippen LogP contribution is 2.29. The summed E-state index contributed by atoms with van der Waals surface area (Å²) in [7, 11) is 0. The van der Waals surface area contributed by atoms with E-state index in [1.807, 2.05) is 36.4 Å². The predicted molar refractivity (Wildman–Crippen MR) is 121 cm³/mol. The topological polar surface area (TPSA) is 82.0 Å². The second kappa shape index (κ2) is 11.9. The van der Waals surface area contributed by atoms with Crippen molar-refractivity contribution in [1.29, 1.82) is 0 Å². The summed E-state index contributed by atoms with van der Waals surface area (Å²) in [4.78, 5) is 41.1. The van der Waals surface area contributed by atoms with E-state index < -0.39 is 5.97 Å². The minimum absolute atomic E-state index is 0.0647. The first-order valence-electron chi connectivity index (χ1n) is 9.72. The lowest BCUT2D eigenvalue weighted by atomic mass is 10.1. The first-order valence-corrected chi connectivity index (χ1v) is 10.5. The van der Waals surface area contributed by atoms with E-state index in [-0.39, 0.29) is 17.3 Å². The van der Waals surface area contributed by atoms with Crippen molar-refractivity contribution in [1.82, 2.24) is 0 Å². The lowest BCUT2D eigenvalue weighted by molar-refractivity contribution is -0.140. The monoisotopic (exact) mass is 439 g/mol. The van der Waals surface area contributed by atoms with E-state index in [1.54, 1.807) is 30.8 Å². The van der Waals surface area contributed by atoms with Gasteiger partial charge >= 0.3 is 5.97 Å². The van der Waals surface area contributed by atoms with E-state index in [2.05, 4.69) is 16.6 Å². The number of carbonyl (C=O) groups is 3. The minimum Gasteiger partial charge on any atom is -0.494 e. The molecule has 7 heteroatoms. The third-order valence-corrected chi connectivity index (χ3v) is 5.12. The highest BCUT2D eigenvalue weighted by Gasteiger charge is 2.11. The first kappa shape index (κ1) is 24.1. The van der Waals surface area contributed by atoms with Crippen molar-refractivity contribution in [3.05, 3.63) is 66.2 Å². The molecule has 2 aromatic rings. The SMILES string of the molecule is C=C(C)C(=O)CCCOc1ccc(Sc2ccc(C(=O)/C(C)=N/OC(C)=O)cc2)cc1. The molecule has 0 radical (unpaired) electrons. The van der Waals surface area contributed by atoms with Crippen molar-refractivity contribution < 1.29 is 24.0 Å². The number of hydrogen-bond donors (Lipinski definition) is 0. The number of hydrogen-bond acceptors (Lipinski definition) is 7. The number of nitrogens with zero attached hydrogens (tertiary/aromatic N) is 1. The molecule has 0 aliphatic heterocycles. The van der Waals surface area contributed by atoms with Gasteiger partial charge in [0.15, 0.2) is 5.78 Å². The van der Waals surface area contributed by atoms with E-state index in [0.717, 1.165) is 15.5 Å². The minimum atomic E-state index is -0.576. The molecule has 0 atom stereocenters. The Bertz CT molecular complexity index is 978. The molecule has 0 bridgehead atoms. The van der Waals surface area contributed by atoms with Crippen molar-refractivity contribution >= 4 is 35.0 Å². The van der Waals surface area contributed by atoms with Gasteiger partial charge in [-0.05, 0) is 74.4 Å². The number of rotatable bonds is 11. The molecule has 162 valence electrons. The molecule has 0 fully saturated rings. The first-order chi connectivity index (χ1) is 14.8. The fourth-order valence-corrected chi connectivity index (χ4v) is 3.25. The van der Waals surface area contributed by atoms with Crippen LogP contribution in [0.1, 0.15) is 44.0 Å². The van der Waals surface area contributed by atoms with Crippen LogP contribution >= 0.6 is 11.8 Å². The predicted octanol–water partition coefficient (Wildman–Crippen LogP) is 5.26. The molecule has 0 spiro atoms. The molecular weight excluding hydrogens is 414 g/mol. The molecule has 2 rings (SSSR count). The second-order valence-electron chi connectivity index (χ2n) is 6.84. The van der Waals surface area contributed by atoms with Gasteiger partial charge in [-0.15, -0.1) is 0 Å². The van der Waals surface area contributed by atoms with Crippen LogP contribution in [0.2, 0.25) is 0 Å². The van der Waals surface area contributed by atoms with Gasteiger partial charge in [0.1, 0.15) is 11.5 Å². The molecule has 31 heavy (non-hydrogen) atoms. The Morgan fingerprint density at radius 2 is 1.52 bits per heavy atom. The smallest absolute Gasteiger partial charge is 0.331 e. The molecule has 0 N–H and O–H groups in total. The van der Waals surface area contributed by atoms with Crippen LogP contribution in [0.3, 0.4) is 0 Å². The summed E-state index contributed by atoms with van der Waals surface area (Å²) in [5.74, 6) is -0.0667. The van der Waals surface area contributed by atoms with Crippen LogP contribution in [0.4, 0.5) is 0 Å². The number of benzene rings is 2. The van der Waals surface area contributed by atoms with E-state index >= 15 is 0 Å². The van der Waals surface area contributed by atoms with E-state index in [4.69, 9.17) is 4.74 Å². The van der Waals surface area contributed by atoms with Crippen molar-refractivity contribution in [3.63, 3.8) is 0 Å². The van der Waals surface area contributed by atoms with Crippen molar-refractivity contribution in [2.24, 2.45) is 5.16 Å². The number of Topliss-reactive ketones (excluding diaryl/α,β-unsaturated/α-hetero) is 2. The molecule has 0 saturated carbocycles. The molecule has 0 aliphatic carbocycles. The van der Waals surface area contributed by atoms with Crippen molar-refractivity contribution in [2.75, 3.05) is 6.61 Å². The lowest BCUT2D eigenvalue weighted by Gasteiger charge is -2.07. The fraction of sp³-hybridized carbons (Fsp3) is 0.250. The Kier molecular flexibility index (Phi) is 9.21. The van der Waals surface area contributed by atoms with Gasteiger partial charge in [-0.25, -0.2) is 4.79 Å². The number of allylic oxidation sites excluding steroid dienone is 1. The maximum atomic E-state index is 12.3. The maximum Gasteiger partial charge on any atom is 0.331 e. The summed E-state index contributed by atoms with van der Waals surface area (Å²) >= 11 is 1.55. The van der Waals surface area contributed by atoms with Gasteiger partial charge < -0.3 is 9.57 Å². The van der Waals surface area contributed by atoms with Crippen LogP contribution in [0.25, 0.3) is 0 Å². The van der Waals surface area contributed by atoms with Crippen LogP contribution in [-0.4, -0.2) is 29.9 Å². The second-order valence-corrected chi connectivity index (χ2v) is 7.99. The van der Waals surface area contributed by atoms with Crippen molar-refractivity contribution in [3.8, 4) is 5.75 Å². The number of oxime groups is 1. The molecule has 0 amide bonds. The molecule has 0 unspecified atom stereocenters. The Hall–Kier alpha value is -3.19. The molecule has 0 saturated heterocycles. The summed E-state index contributed by atoms with van der Waals surface area (Å²) in [6.45, 7) is 8.54. The summed E-state index contributed by atoms with van der Waals surface area (Å²) in [5, 5.41) is 3.52. The third kappa shape index (κ3) is 8.22. The largest absolute Gasteiger partial charge is 0.494 e. The van der Waals surface area contributed by atoms with E-state index in [9.17, 15) is 14.4 Å². The summed E-state index contributed by atoms with van der Waals surface area (Å²) in [5.41, 5.74) is 1.14. The molecule has 2 aromatic carbocycles. The number of ether oxygens (including phenoxy) is 1. The van der Waals surface area contributed by atoms with Crippen LogP contribution in [0, 0.1) is 0 Å². The zero-order chi connectivity index (χ0) is 22.8. The van der Waals surface area contributed by atoms with Crippen LogP contribution in [0.5, 0.6) is 5.75 Å². The average molecular weight is 440 g/mol. The Labute approximate surface area is 186 Å². The van der Waals surface area contributed by atoms with Gasteiger partial charge in [-0.3, -0.25) is 9.59 Å². The lowest BCUT2D eigenvalue weighted by Crippen LogP contribution is -2.11. The Morgan fingerprint density at radius 1 is 0.935 bits per heavy atom. The maximum absolute atomic E-state index is 12.3. The Morgan fingerprint density at radius 3 is 2.06 bits per heavy atom. The zero-order valence-corrected chi connectivity index (χ0v) is 18.7. The average Bonchev–Trinajstić information content (AvgIpc) is 2.75. The molecule has 0 aliphatic rings. The fourth-order valence-electron chi connectivity index (χ4n) is 2.43. The van der Waals surface area contributed by atoms with Gasteiger partial charge in [-0.1, -0.05) is 23.5 Å². The standard InChI is InChI=1S/C24H25NO5S/c1-16(2)23(27)6-5-15-29-20-9-13-22(14-10-20)31-21-11-7-19(8-12-21)24(28)17(3)25-30-18(4)26/h7-14H,1,5-6,15H2,2-4H3/b25-17+. The Balaban J connectivity index is 1.87. The quantitative estimate of drug-likeness (QED) is 0.119. The summed E-state index contributed by atoms with van der Waals surface area (Å²) < 4.78 is 5.67. The van der Waals surface area contributed by atoms with Crippen LogP contribution in [0.15, 0.2) is 75.6 Å². The molecular formula is C24H25NO5S. The van der Waals surface area contributed by atoms with Gasteiger partial charge in [0, 0.05) is 28.7 Å². The molecule has 0 heterocycles. The van der Waals surface area contributed by atoms with E-state index in [0.29, 0.717) is 30.6 Å². The van der Waals surface area contributed by atoms with Crippen molar-refractivity contribution in [2.45, 2.75) is 43.4 Å². The third-order valence-electron chi connectivity index (χ3n) is 4.11. The highest BCUT2D eigenvalue weighted by atomic mass is 32.2.